The van der Waals surface area contributed by atoms with E-state index in [2.05, 4.69) is 51.3 Å². The van der Waals surface area contributed by atoms with Crippen molar-refractivity contribution in [2.24, 2.45) is 7.05 Å². The monoisotopic (exact) mass is 387 g/mol. The molecule has 4 aromatic rings. The van der Waals surface area contributed by atoms with Crippen LogP contribution in [0.15, 0.2) is 48.5 Å². The standard InChI is InChI=1S/C27H29FN/c1-16-12-20(27(4,5)6)15-22(18(16)3)26-25-21-11-9-8-10-19(21)14-24(28)23(25)13-17(2)29(26)7/h8-15H,1-7H3/q+1/i13D. The molecule has 0 radical (unpaired) electrons. The fourth-order valence-electron chi connectivity index (χ4n) is 4.14. The lowest BCUT2D eigenvalue weighted by atomic mass is 9.82. The number of benzene rings is 3. The lowest BCUT2D eigenvalue weighted by Gasteiger charge is -2.22. The second-order valence-corrected chi connectivity index (χ2v) is 9.16. The number of hydrogen-bond donors (Lipinski definition) is 0. The summed E-state index contributed by atoms with van der Waals surface area (Å²) in [5, 5.41) is 3.05. The normalized spacial score (nSPS) is 12.6. The van der Waals surface area contributed by atoms with Crippen molar-refractivity contribution in [3.05, 3.63) is 76.7 Å². The van der Waals surface area contributed by atoms with Crippen LogP contribution in [0.5, 0.6) is 0 Å². The molecule has 4 rings (SSSR count). The van der Waals surface area contributed by atoms with Crippen LogP contribution in [-0.2, 0) is 12.5 Å². The Labute approximate surface area is 174 Å². The fourth-order valence-corrected chi connectivity index (χ4v) is 4.14. The summed E-state index contributed by atoms with van der Waals surface area (Å²) in [6, 6.07) is 14.2. The third-order valence-corrected chi connectivity index (χ3v) is 6.17. The Bertz CT molecular complexity index is 1330. The highest BCUT2D eigenvalue weighted by atomic mass is 19.1. The highest BCUT2D eigenvalue weighted by Gasteiger charge is 2.26. The summed E-state index contributed by atoms with van der Waals surface area (Å²) in [6.07, 6.45) is 0. The SMILES string of the molecule is [2H]c1c(C)[n+](C)c(-c2cc(C(C)(C)C)cc(C)c2C)c2c1c(F)cc1ccccc12. The zero-order valence-corrected chi connectivity index (χ0v) is 18.4. The molecule has 0 N–H and O–H groups in total. The summed E-state index contributed by atoms with van der Waals surface area (Å²) in [7, 11) is 1.99. The smallest absolute Gasteiger partial charge is 0.206 e. The van der Waals surface area contributed by atoms with E-state index >= 15 is 4.39 Å². The van der Waals surface area contributed by atoms with Gasteiger partial charge in [-0.15, -0.1) is 0 Å². The summed E-state index contributed by atoms with van der Waals surface area (Å²) in [5.74, 6) is -0.333. The van der Waals surface area contributed by atoms with Crippen molar-refractivity contribution in [2.75, 3.05) is 0 Å². The van der Waals surface area contributed by atoms with E-state index < -0.39 is 0 Å². The average Bonchev–Trinajstić information content (AvgIpc) is 2.68. The molecule has 0 fully saturated rings. The van der Waals surface area contributed by atoms with Crippen LogP contribution in [0.3, 0.4) is 0 Å². The minimum atomic E-state index is -0.333. The zero-order chi connectivity index (χ0) is 22.0. The van der Waals surface area contributed by atoms with Crippen LogP contribution in [0, 0.1) is 26.6 Å². The van der Waals surface area contributed by atoms with E-state index in [1.165, 1.54) is 16.7 Å². The van der Waals surface area contributed by atoms with Crippen LogP contribution in [0.2, 0.25) is 0 Å². The van der Waals surface area contributed by atoms with Gasteiger partial charge in [0.1, 0.15) is 12.9 Å². The second-order valence-electron chi connectivity index (χ2n) is 9.16. The van der Waals surface area contributed by atoms with Gasteiger partial charge in [-0.25, -0.2) is 4.39 Å². The third kappa shape index (κ3) is 3.11. The van der Waals surface area contributed by atoms with Crippen molar-refractivity contribution in [3.8, 4) is 11.3 Å². The van der Waals surface area contributed by atoms with Crippen LogP contribution in [-0.4, -0.2) is 0 Å². The van der Waals surface area contributed by atoms with E-state index in [1.807, 2.05) is 38.2 Å². The van der Waals surface area contributed by atoms with Gasteiger partial charge in [-0.3, -0.25) is 0 Å². The minimum Gasteiger partial charge on any atom is -0.206 e. The molecule has 3 aromatic carbocycles. The first-order chi connectivity index (χ1) is 14.0. The summed E-state index contributed by atoms with van der Waals surface area (Å²) < 4.78 is 26.0. The highest BCUT2D eigenvalue weighted by molar-refractivity contribution is 6.13. The van der Waals surface area contributed by atoms with Crippen molar-refractivity contribution in [3.63, 3.8) is 0 Å². The fraction of sp³-hybridized carbons (Fsp3) is 0.296. The van der Waals surface area contributed by atoms with Crippen molar-refractivity contribution >= 4 is 21.5 Å². The molecule has 0 aliphatic rings. The van der Waals surface area contributed by atoms with Gasteiger partial charge in [-0.05, 0) is 58.9 Å². The second kappa shape index (κ2) is 6.66. The first-order valence-corrected chi connectivity index (χ1v) is 10.1. The predicted molar refractivity (Wildman–Crippen MR) is 121 cm³/mol. The van der Waals surface area contributed by atoms with Gasteiger partial charge in [0.15, 0.2) is 5.69 Å². The lowest BCUT2D eigenvalue weighted by Crippen LogP contribution is -2.35. The Morgan fingerprint density at radius 1 is 0.966 bits per heavy atom. The maximum atomic E-state index is 15.3. The molecule has 1 nitrogen and oxygen atoms in total. The Morgan fingerprint density at radius 2 is 1.66 bits per heavy atom. The van der Waals surface area contributed by atoms with Crippen molar-refractivity contribution in [1.82, 2.24) is 0 Å². The number of aryl methyl sites for hydroxylation is 1. The molecule has 0 aliphatic heterocycles. The third-order valence-electron chi connectivity index (χ3n) is 6.17. The summed E-state index contributed by atoms with van der Waals surface area (Å²) in [5.41, 5.74) is 6.49. The largest absolute Gasteiger partial charge is 0.221 e. The van der Waals surface area contributed by atoms with E-state index in [-0.39, 0.29) is 17.3 Å². The molecule has 2 heteroatoms. The molecule has 0 atom stereocenters. The number of nitrogens with zero attached hydrogens (tertiary/aromatic N) is 1. The summed E-state index contributed by atoms with van der Waals surface area (Å²) in [4.78, 5) is 0. The van der Waals surface area contributed by atoms with Crippen LogP contribution in [0.25, 0.3) is 32.8 Å². The van der Waals surface area contributed by atoms with Gasteiger partial charge >= 0.3 is 0 Å². The minimum absolute atomic E-state index is 0.000683. The maximum Gasteiger partial charge on any atom is 0.221 e. The van der Waals surface area contributed by atoms with Crippen LogP contribution < -0.4 is 4.57 Å². The van der Waals surface area contributed by atoms with E-state index in [0.717, 1.165) is 33.1 Å². The Balaban J connectivity index is 2.30. The van der Waals surface area contributed by atoms with Gasteiger partial charge in [-0.1, -0.05) is 51.1 Å². The topological polar surface area (TPSA) is 3.88 Å². The van der Waals surface area contributed by atoms with E-state index in [9.17, 15) is 0 Å². The molecule has 0 bridgehead atoms. The van der Waals surface area contributed by atoms with Gasteiger partial charge in [-0.2, -0.15) is 4.57 Å². The van der Waals surface area contributed by atoms with Crippen molar-refractivity contribution < 1.29 is 10.3 Å². The Kier molecular flexibility index (Phi) is 4.20. The predicted octanol–water partition coefficient (Wildman–Crippen LogP) is 6.85. The first kappa shape index (κ1) is 18.3. The molecule has 29 heavy (non-hydrogen) atoms. The molecular formula is C27H29FN+. The number of rotatable bonds is 1. The number of hydrogen-bond acceptors (Lipinski definition) is 0. The summed E-state index contributed by atoms with van der Waals surface area (Å²) in [6.45, 7) is 12.8. The molecule has 0 saturated carbocycles. The lowest BCUT2D eigenvalue weighted by molar-refractivity contribution is -0.665. The number of halogens is 1. The molecule has 0 saturated heterocycles. The number of aromatic nitrogens is 1. The van der Waals surface area contributed by atoms with E-state index in [1.54, 1.807) is 6.07 Å². The molecule has 0 unspecified atom stereocenters. The number of fused-ring (bicyclic) bond motifs is 3. The number of pyridine rings is 1. The van der Waals surface area contributed by atoms with Gasteiger partial charge in [0.05, 0.1) is 12.3 Å². The van der Waals surface area contributed by atoms with E-state index in [0.29, 0.717) is 5.39 Å². The quantitative estimate of drug-likeness (QED) is 0.248. The molecule has 0 spiro atoms. The molecule has 148 valence electrons. The van der Waals surface area contributed by atoms with Crippen LogP contribution in [0.4, 0.5) is 4.39 Å². The molecule has 0 amide bonds. The van der Waals surface area contributed by atoms with Crippen LogP contribution >= 0.6 is 0 Å². The van der Waals surface area contributed by atoms with Crippen molar-refractivity contribution in [1.29, 1.82) is 0 Å². The van der Waals surface area contributed by atoms with Gasteiger partial charge in [0.2, 0.25) is 5.69 Å². The van der Waals surface area contributed by atoms with Crippen molar-refractivity contribution in [2.45, 2.75) is 47.0 Å². The average molecular weight is 388 g/mol. The van der Waals surface area contributed by atoms with E-state index in [4.69, 9.17) is 1.37 Å². The molecule has 0 aliphatic carbocycles. The molecule has 1 aromatic heterocycles. The Morgan fingerprint density at radius 3 is 2.34 bits per heavy atom. The molecular weight excluding hydrogens is 357 g/mol. The van der Waals surface area contributed by atoms with Crippen LogP contribution in [0.1, 0.15) is 44.5 Å². The van der Waals surface area contributed by atoms with Gasteiger partial charge in [0, 0.05) is 18.4 Å². The highest BCUT2D eigenvalue weighted by Crippen LogP contribution is 2.38. The Hall–Kier alpha value is -2.74. The zero-order valence-electron chi connectivity index (χ0n) is 19.4. The molecule has 1 heterocycles. The van der Waals surface area contributed by atoms with Gasteiger partial charge in [0.25, 0.3) is 0 Å². The summed E-state index contributed by atoms with van der Waals surface area (Å²) >= 11 is 0. The maximum absolute atomic E-state index is 15.3. The van der Waals surface area contributed by atoms with Gasteiger partial charge < -0.3 is 0 Å². The first-order valence-electron chi connectivity index (χ1n) is 10.6.